The molecule has 55 heteroatoms. The Morgan fingerprint density at radius 2 is 0.841 bits per heavy atom. The van der Waals surface area contributed by atoms with Crippen LogP contribution in [0.2, 0.25) is 5.15 Å². The molecule has 16 heterocycles. The number of nitrogens with zero attached hydrogens (tertiary/aromatic N) is 17. The van der Waals surface area contributed by atoms with Crippen molar-refractivity contribution < 1.29 is 111 Å². The number of halogens is 8. The number of aromatic nitrogens is 7. The Balaban J connectivity index is 0.000000169. The lowest BCUT2D eigenvalue weighted by Gasteiger charge is -2.28. The third kappa shape index (κ3) is 32.2. The number of amides is 6. The van der Waals surface area contributed by atoms with Crippen LogP contribution in [0.3, 0.4) is 0 Å². The molecule has 11 N–H and O–H groups in total. The highest BCUT2D eigenvalue weighted by atomic mass is 35.5. The Hall–Kier alpha value is -11.8. The van der Waals surface area contributed by atoms with Gasteiger partial charge in [0.05, 0.1) is 132 Å². The van der Waals surface area contributed by atoms with Gasteiger partial charge in [-0.1, -0.05) is 41.9 Å². The lowest BCUT2D eigenvalue weighted by molar-refractivity contribution is -0.497. The van der Waals surface area contributed by atoms with Gasteiger partial charge in [0.1, 0.15) is 31.1 Å². The largest absolute Gasteiger partial charge is 0.630 e. The van der Waals surface area contributed by atoms with Crippen LogP contribution in [-0.2, 0) is 54.8 Å². The maximum Gasteiger partial charge on any atom is 0.414 e. The SMILES string of the molecule is CC(=O)NC[C@H]1CN(c2cnc(N3CCS(=O)(=O)CC3)c(F)c2)C(=O)O1.CC(=O)NC[C@H]1CN(c2cnc(N3CCSCC3)c(F)c2)C(=O)O1.NC[C@H]1CN(c2cnc(N3CCS(=O)(=O)CC3)c(F)c2)C(=O)O1.Nc1cnc(N2CCSCC2)c(F)c1.O.O=C(Nc1cnc(N2CCSCC2)c(F)c1)OCc1ccccc1.O=[N+]([O-])c1cnc(N2CCSCC2)c(F)c1.[O-][NH2+]c1cnc(Cl)c(F)c1. The minimum Gasteiger partial charge on any atom is -0.630 e. The average Bonchev–Trinajstić information content (AvgIpc) is 1.55. The minimum atomic E-state index is -3.07. The van der Waals surface area contributed by atoms with Gasteiger partial charge >= 0.3 is 24.4 Å². The predicted molar refractivity (Wildman–Crippen MR) is 513 cm³/mol. The van der Waals surface area contributed by atoms with Gasteiger partial charge in [-0.3, -0.25) is 39.7 Å². The molecule has 0 spiro atoms. The zero-order chi connectivity index (χ0) is 98.5. The molecule has 9 aliphatic heterocycles. The van der Waals surface area contributed by atoms with E-state index < -0.39 is 102 Å². The highest BCUT2D eigenvalue weighted by Gasteiger charge is 2.38. The van der Waals surface area contributed by atoms with Gasteiger partial charge in [-0.05, 0) is 5.56 Å². The summed E-state index contributed by atoms with van der Waals surface area (Å²) in [6.45, 7) is 11.2. The predicted octanol–water partition coefficient (Wildman–Crippen LogP) is 7.19. The lowest BCUT2D eigenvalue weighted by Crippen LogP contribution is -2.70. The number of anilines is 11. The molecule has 6 amide bonds. The van der Waals surface area contributed by atoms with Crippen LogP contribution in [0.4, 0.5) is 125 Å². The highest BCUT2D eigenvalue weighted by Crippen LogP contribution is 2.33. The van der Waals surface area contributed by atoms with Crippen molar-refractivity contribution in [2.75, 3.05) is 242 Å². The van der Waals surface area contributed by atoms with E-state index in [1.54, 1.807) is 9.80 Å². The average molecular weight is 2070 g/mol. The molecular weight excluding hydrogens is 1970 g/mol. The van der Waals surface area contributed by atoms with Gasteiger partial charge < -0.3 is 86.6 Å². The van der Waals surface area contributed by atoms with E-state index in [1.807, 2.05) is 97.0 Å². The minimum absolute atomic E-state index is 0. The van der Waals surface area contributed by atoms with Gasteiger partial charge in [-0.2, -0.15) is 47.0 Å². The molecule has 0 radical (unpaired) electrons. The fraction of sp³-hybridized carbons (Fsp3) is 0.434. The summed E-state index contributed by atoms with van der Waals surface area (Å²) in [6.07, 6.45) is 5.64. The normalized spacial score (nSPS) is 18.6. The molecule has 17 rings (SSSR count). The number of carbonyl (C=O) groups excluding carboxylic acids is 6. The summed E-state index contributed by atoms with van der Waals surface area (Å²) in [4.78, 5) is 121. The van der Waals surface area contributed by atoms with E-state index in [0.29, 0.717) is 34.3 Å². The van der Waals surface area contributed by atoms with Crippen LogP contribution in [0.25, 0.3) is 0 Å². The molecule has 9 saturated heterocycles. The Labute approximate surface area is 810 Å². The van der Waals surface area contributed by atoms with Crippen LogP contribution in [0.15, 0.2) is 116 Å². The van der Waals surface area contributed by atoms with E-state index in [4.69, 9.17) is 42.0 Å². The molecule has 748 valence electrons. The second kappa shape index (κ2) is 52.3. The lowest BCUT2D eigenvalue weighted by atomic mass is 10.2. The number of thioether (sulfide) groups is 4. The first-order valence-corrected chi connectivity index (χ1v) is 51.2. The van der Waals surface area contributed by atoms with Crippen molar-refractivity contribution in [1.29, 1.82) is 0 Å². The number of rotatable bonds is 19. The molecular formula is C83H101ClF7N23O18S6. The number of quaternary nitrogens is 1. The third-order valence-electron chi connectivity index (χ3n) is 21.0. The maximum atomic E-state index is 14.5. The Morgan fingerprint density at radius 3 is 1.18 bits per heavy atom. The first kappa shape index (κ1) is 108. The first-order valence-electron chi connectivity index (χ1n) is 42.5. The summed E-state index contributed by atoms with van der Waals surface area (Å²) in [5, 5.41) is 27.9. The molecule has 8 aromatic rings. The standard InChI is InChI=1S/C17H18FN3O2S.C15H19FN4O5S.C15H19FN4O3S.C13H17FN4O4S.C9H10FN3O2S.C9H12FN3S.C5H4ClFN2O.H2O/c18-15-10-14(11-19-16(15)21-6-8-24-9-7-21)20-17(22)23-12-13-4-2-1-3-5-13;1-10(21)17-8-12-9-20(15(22)25-12)11-6-13(16)14(18-7-11)19-2-4-26(23,24)5-3-19;1-10(21)17-8-12-9-20(15(22)23-12)11-6-13(16)14(18-7-11)19-2-4-24-5-3-19;14-11-5-9(18-8-10(6-15)22-13(18)19)7-16-12(11)17-1-3-23(20,21)4-2-17;10-8-5-7(13(14)15)6-11-9(8)12-1-3-16-4-2-12;10-8-5-7(11)6-12-9(8)13-1-3-14-4-2-13;6-5-4(7)1-3(9-10)2-8-5;/h1-5,10-11H,6-9,12H2,(H,20,22);6-7,12H,2-5,8-9H2,1H3,(H,17,21);6-7,12H,2-5,8-9H2,1H3,(H,17,21);5,7,10H,1-4,6,8,15H2;5-6H,1-4H2;5-6H,1-4,11H2;1-2H,9H2;1H2/t;2*12-;10-;;;;/m.000..../s1. The van der Waals surface area contributed by atoms with E-state index in [-0.39, 0.29) is 169 Å². The number of ether oxygens (including phenoxy) is 4. The second-order valence-corrected chi connectivity index (χ2v) is 40.7. The zero-order valence-electron chi connectivity index (χ0n) is 74.4. The molecule has 138 heavy (non-hydrogen) atoms. The number of benzene rings is 1. The number of nitrogen functional groups attached to an aromatic ring is 1. The number of cyclic esters (lactones) is 3. The number of carbonyl (C=O) groups is 6. The van der Waals surface area contributed by atoms with Crippen LogP contribution >= 0.6 is 58.6 Å². The number of pyridine rings is 7. The molecule has 0 unspecified atom stereocenters. The maximum absolute atomic E-state index is 14.5. The van der Waals surface area contributed by atoms with Crippen LogP contribution in [-0.4, -0.2) is 303 Å². The van der Waals surface area contributed by atoms with Gasteiger partial charge in [0.2, 0.25) is 11.8 Å². The summed E-state index contributed by atoms with van der Waals surface area (Å²) < 4.78 is 163. The quantitative estimate of drug-likeness (QED) is 0.0153. The number of hydrogen-bond acceptors (Lipinski definition) is 36. The Morgan fingerprint density at radius 1 is 0.493 bits per heavy atom. The Bertz CT molecular complexity index is 5730. The molecule has 9 aliphatic rings. The van der Waals surface area contributed by atoms with Gasteiger partial charge in [-0.25, -0.2) is 102 Å². The smallest absolute Gasteiger partial charge is 0.414 e. The summed E-state index contributed by atoms with van der Waals surface area (Å²) in [7, 11) is -6.12. The van der Waals surface area contributed by atoms with Crippen LogP contribution in [0, 0.1) is 56.0 Å². The molecule has 1 aromatic carbocycles. The van der Waals surface area contributed by atoms with E-state index in [1.165, 1.54) is 96.1 Å². The summed E-state index contributed by atoms with van der Waals surface area (Å²) in [6, 6.07) is 17.6. The van der Waals surface area contributed by atoms with Crippen molar-refractivity contribution >= 4 is 189 Å². The van der Waals surface area contributed by atoms with E-state index in [0.717, 1.165) is 122 Å². The van der Waals surface area contributed by atoms with Crippen LogP contribution in [0.1, 0.15) is 19.4 Å². The summed E-state index contributed by atoms with van der Waals surface area (Å²) in [5.74, 6) is 4.89. The van der Waals surface area contributed by atoms with Crippen molar-refractivity contribution in [3.63, 3.8) is 0 Å². The number of nitrogens with two attached hydrogens (primary N) is 3. The summed E-state index contributed by atoms with van der Waals surface area (Å²) in [5.41, 5.74) is 13.7. The van der Waals surface area contributed by atoms with E-state index in [9.17, 15) is 91.7 Å². The number of hydrogen-bond donors (Lipinski definition) is 6. The molecule has 3 atom stereocenters. The van der Waals surface area contributed by atoms with E-state index in [2.05, 4.69) is 50.8 Å². The third-order valence-corrected chi connectivity index (χ3v) is 28.3. The van der Waals surface area contributed by atoms with Crippen LogP contribution < -0.4 is 77.0 Å². The van der Waals surface area contributed by atoms with E-state index >= 15 is 0 Å². The number of sulfone groups is 2. The van der Waals surface area contributed by atoms with Gasteiger partial charge in [0.15, 0.2) is 106 Å². The van der Waals surface area contributed by atoms with Gasteiger partial charge in [-0.15, -0.1) is 0 Å². The number of nitrogens with one attached hydrogen (secondary N) is 3. The topological polar surface area (TPSA) is 529 Å². The van der Waals surface area contributed by atoms with Gasteiger partial charge in [0, 0.05) is 181 Å². The van der Waals surface area contributed by atoms with Crippen molar-refractivity contribution in [3.8, 4) is 0 Å². The molecule has 0 bridgehead atoms. The van der Waals surface area contributed by atoms with Gasteiger partial charge in [0.25, 0.3) is 5.69 Å². The first-order chi connectivity index (χ1) is 65.6. The fourth-order valence-electron chi connectivity index (χ4n) is 13.9. The Kier molecular flexibility index (Phi) is 41.0. The monoisotopic (exact) mass is 2070 g/mol. The molecule has 41 nitrogen and oxygen atoms in total. The molecule has 9 fully saturated rings. The van der Waals surface area contributed by atoms with Crippen molar-refractivity contribution in [1.82, 2.24) is 45.5 Å². The molecule has 0 saturated carbocycles. The zero-order valence-corrected chi connectivity index (χ0v) is 80.0. The highest BCUT2D eigenvalue weighted by molar-refractivity contribution is 8.00. The van der Waals surface area contributed by atoms with Crippen molar-refractivity contribution in [2.45, 2.75) is 38.8 Å². The molecule has 0 aliphatic carbocycles. The van der Waals surface area contributed by atoms with Crippen LogP contribution in [0.5, 0.6) is 0 Å². The number of nitro groups is 1. The molecule has 7 aromatic heterocycles. The fourth-order valence-corrected chi connectivity index (χ4v) is 20.1. The summed E-state index contributed by atoms with van der Waals surface area (Å²) >= 11 is 12.6. The van der Waals surface area contributed by atoms with Crippen molar-refractivity contribution in [2.24, 2.45) is 5.73 Å². The van der Waals surface area contributed by atoms with Crippen molar-refractivity contribution in [3.05, 3.63) is 183 Å². The second-order valence-electron chi connectivity index (χ2n) is 30.8.